The summed E-state index contributed by atoms with van der Waals surface area (Å²) in [6.07, 6.45) is 0. The third kappa shape index (κ3) is 3.92. The average Bonchev–Trinajstić information content (AvgIpc) is 3.04. The van der Waals surface area contributed by atoms with Gasteiger partial charge in [0.2, 0.25) is 12.7 Å². The van der Waals surface area contributed by atoms with Gasteiger partial charge in [-0.25, -0.2) is 0 Å². The maximum absolute atomic E-state index is 12.3. The molecule has 1 N–H and O–H groups in total. The number of aryl methyl sites for hydroxylation is 1. The summed E-state index contributed by atoms with van der Waals surface area (Å²) < 4.78 is 10.6. The van der Waals surface area contributed by atoms with Gasteiger partial charge in [-0.3, -0.25) is 19.8 Å². The molecule has 26 heavy (non-hydrogen) atoms. The lowest BCUT2D eigenvalue weighted by Crippen LogP contribution is -2.30. The van der Waals surface area contributed by atoms with Crippen molar-refractivity contribution in [3.05, 3.63) is 57.6 Å². The molecule has 3 rings (SSSR count). The summed E-state index contributed by atoms with van der Waals surface area (Å²) in [7, 11) is 1.80. The Kier molecular flexibility index (Phi) is 5.04. The number of nitrogens with one attached hydrogen (secondary N) is 1. The second kappa shape index (κ2) is 7.40. The Morgan fingerprint density at radius 2 is 2.04 bits per heavy atom. The van der Waals surface area contributed by atoms with Gasteiger partial charge in [-0.2, -0.15) is 0 Å². The first-order valence-corrected chi connectivity index (χ1v) is 8.05. The first-order valence-electron chi connectivity index (χ1n) is 8.05. The molecule has 1 amide bonds. The van der Waals surface area contributed by atoms with Crippen LogP contribution in [-0.2, 0) is 11.3 Å². The number of carbonyl (C=O) groups excluding carboxylic acids is 1. The second-order valence-electron chi connectivity index (χ2n) is 6.13. The summed E-state index contributed by atoms with van der Waals surface area (Å²) in [5, 5.41) is 13.8. The van der Waals surface area contributed by atoms with E-state index in [1.54, 1.807) is 26.1 Å². The zero-order chi connectivity index (χ0) is 18.7. The van der Waals surface area contributed by atoms with Crippen LogP contribution in [0.2, 0.25) is 0 Å². The van der Waals surface area contributed by atoms with Crippen molar-refractivity contribution in [1.29, 1.82) is 0 Å². The highest BCUT2D eigenvalue weighted by Crippen LogP contribution is 2.32. The number of benzene rings is 2. The monoisotopic (exact) mass is 357 g/mol. The van der Waals surface area contributed by atoms with Gasteiger partial charge in [-0.05, 0) is 37.2 Å². The number of nitro groups is 1. The van der Waals surface area contributed by atoms with Gasteiger partial charge in [-0.15, -0.1) is 0 Å². The number of likely N-dealkylation sites (N-methyl/N-ethyl adjacent to an activating group) is 1. The molecule has 0 saturated carbocycles. The number of fused-ring (bicyclic) bond motifs is 1. The molecule has 1 heterocycles. The van der Waals surface area contributed by atoms with Crippen molar-refractivity contribution in [3.63, 3.8) is 0 Å². The number of nitro benzene ring substituents is 1. The minimum atomic E-state index is -0.501. The van der Waals surface area contributed by atoms with E-state index >= 15 is 0 Å². The van der Waals surface area contributed by atoms with Gasteiger partial charge in [0, 0.05) is 12.6 Å². The molecule has 0 bridgehead atoms. The van der Waals surface area contributed by atoms with E-state index in [1.807, 2.05) is 23.1 Å². The largest absolute Gasteiger partial charge is 0.454 e. The van der Waals surface area contributed by atoms with E-state index in [1.165, 1.54) is 6.07 Å². The third-order valence-corrected chi connectivity index (χ3v) is 4.01. The predicted molar refractivity (Wildman–Crippen MR) is 95.4 cm³/mol. The fourth-order valence-corrected chi connectivity index (χ4v) is 2.80. The van der Waals surface area contributed by atoms with Crippen LogP contribution in [0.4, 0.5) is 11.4 Å². The van der Waals surface area contributed by atoms with Crippen molar-refractivity contribution in [1.82, 2.24) is 4.90 Å². The van der Waals surface area contributed by atoms with Gasteiger partial charge in [0.1, 0.15) is 5.69 Å². The SMILES string of the molecule is Cc1cccc([N+](=O)[O-])c1NC(=O)CN(C)Cc1ccc2c(c1)OCO2. The molecule has 0 radical (unpaired) electrons. The number of amides is 1. The van der Waals surface area contributed by atoms with E-state index in [0.29, 0.717) is 23.6 Å². The molecule has 0 spiro atoms. The van der Waals surface area contributed by atoms with E-state index in [-0.39, 0.29) is 30.6 Å². The number of ether oxygens (including phenoxy) is 2. The zero-order valence-corrected chi connectivity index (χ0v) is 14.5. The Labute approximate surface area is 150 Å². The number of hydrogen-bond donors (Lipinski definition) is 1. The minimum absolute atomic E-state index is 0.0972. The molecule has 1 aliphatic rings. The standard InChI is InChI=1S/C18H19N3O5/c1-12-4-3-5-14(21(23)24)18(12)19-17(22)10-20(2)9-13-6-7-15-16(8-13)26-11-25-15/h3-8H,9-11H2,1-2H3,(H,19,22). The quantitative estimate of drug-likeness (QED) is 0.631. The summed E-state index contributed by atoms with van der Waals surface area (Å²) in [6.45, 7) is 2.56. The molecule has 0 unspecified atom stereocenters. The maximum Gasteiger partial charge on any atom is 0.293 e. The van der Waals surface area contributed by atoms with Crippen LogP contribution in [-0.4, -0.2) is 36.1 Å². The molecule has 0 saturated heterocycles. The van der Waals surface area contributed by atoms with Crippen molar-refractivity contribution in [2.75, 3.05) is 25.7 Å². The summed E-state index contributed by atoms with van der Waals surface area (Å²) in [4.78, 5) is 24.8. The number of anilines is 1. The molecule has 0 aliphatic carbocycles. The van der Waals surface area contributed by atoms with Crippen molar-refractivity contribution >= 4 is 17.3 Å². The smallest absolute Gasteiger partial charge is 0.293 e. The molecular weight excluding hydrogens is 338 g/mol. The average molecular weight is 357 g/mol. The Hall–Kier alpha value is -3.13. The molecule has 1 aliphatic heterocycles. The molecule has 136 valence electrons. The van der Waals surface area contributed by atoms with Crippen LogP contribution < -0.4 is 14.8 Å². The summed E-state index contributed by atoms with van der Waals surface area (Å²) in [5.41, 5.74) is 1.74. The fourth-order valence-electron chi connectivity index (χ4n) is 2.80. The molecular formula is C18H19N3O5. The van der Waals surface area contributed by atoms with Crippen molar-refractivity contribution in [3.8, 4) is 11.5 Å². The van der Waals surface area contributed by atoms with Gasteiger partial charge in [0.25, 0.3) is 5.69 Å². The maximum atomic E-state index is 12.3. The van der Waals surface area contributed by atoms with Gasteiger partial charge in [0.15, 0.2) is 11.5 Å². The van der Waals surface area contributed by atoms with Crippen LogP contribution in [0.5, 0.6) is 11.5 Å². The van der Waals surface area contributed by atoms with E-state index in [4.69, 9.17) is 9.47 Å². The lowest BCUT2D eigenvalue weighted by atomic mass is 10.1. The Morgan fingerprint density at radius 3 is 2.81 bits per heavy atom. The normalized spacial score (nSPS) is 12.3. The number of rotatable bonds is 6. The lowest BCUT2D eigenvalue weighted by molar-refractivity contribution is -0.384. The van der Waals surface area contributed by atoms with Gasteiger partial charge < -0.3 is 14.8 Å². The minimum Gasteiger partial charge on any atom is -0.454 e. The van der Waals surface area contributed by atoms with Crippen LogP contribution in [0, 0.1) is 17.0 Å². The molecule has 0 aromatic heterocycles. The van der Waals surface area contributed by atoms with Gasteiger partial charge in [0.05, 0.1) is 11.5 Å². The van der Waals surface area contributed by atoms with E-state index in [9.17, 15) is 14.9 Å². The summed E-state index contributed by atoms with van der Waals surface area (Å²) in [5.74, 6) is 1.09. The fraction of sp³-hybridized carbons (Fsp3) is 0.278. The van der Waals surface area contributed by atoms with Gasteiger partial charge >= 0.3 is 0 Å². The first-order chi connectivity index (χ1) is 12.4. The number of carbonyl (C=O) groups is 1. The first kappa shape index (κ1) is 17.7. The molecule has 0 atom stereocenters. The molecule has 8 heteroatoms. The van der Waals surface area contributed by atoms with Gasteiger partial charge in [-0.1, -0.05) is 18.2 Å². The lowest BCUT2D eigenvalue weighted by Gasteiger charge is -2.17. The van der Waals surface area contributed by atoms with E-state index < -0.39 is 4.92 Å². The van der Waals surface area contributed by atoms with E-state index in [0.717, 1.165) is 5.56 Å². The number of para-hydroxylation sites is 1. The Bertz CT molecular complexity index is 853. The highest BCUT2D eigenvalue weighted by molar-refractivity contribution is 5.95. The second-order valence-corrected chi connectivity index (χ2v) is 6.13. The molecule has 2 aromatic rings. The highest BCUT2D eigenvalue weighted by Gasteiger charge is 2.19. The summed E-state index contributed by atoms with van der Waals surface area (Å²) in [6, 6.07) is 10.3. The summed E-state index contributed by atoms with van der Waals surface area (Å²) >= 11 is 0. The van der Waals surface area contributed by atoms with Crippen molar-refractivity contribution in [2.24, 2.45) is 0 Å². The topological polar surface area (TPSA) is 93.9 Å². The van der Waals surface area contributed by atoms with E-state index in [2.05, 4.69) is 5.32 Å². The Morgan fingerprint density at radius 1 is 1.27 bits per heavy atom. The molecule has 0 fully saturated rings. The predicted octanol–water partition coefficient (Wildman–Crippen LogP) is 2.70. The van der Waals surface area contributed by atoms with Crippen molar-refractivity contribution in [2.45, 2.75) is 13.5 Å². The van der Waals surface area contributed by atoms with Crippen LogP contribution in [0.1, 0.15) is 11.1 Å². The zero-order valence-electron chi connectivity index (χ0n) is 14.5. The van der Waals surface area contributed by atoms with Crippen LogP contribution in [0.3, 0.4) is 0 Å². The Balaban J connectivity index is 1.62. The third-order valence-electron chi connectivity index (χ3n) is 4.01. The van der Waals surface area contributed by atoms with Crippen molar-refractivity contribution < 1.29 is 19.2 Å². The molecule has 2 aromatic carbocycles. The van der Waals surface area contributed by atoms with Crippen LogP contribution in [0.15, 0.2) is 36.4 Å². The number of hydrogen-bond acceptors (Lipinski definition) is 6. The van der Waals surface area contributed by atoms with Crippen LogP contribution in [0.25, 0.3) is 0 Å². The highest BCUT2D eigenvalue weighted by atomic mass is 16.7. The van der Waals surface area contributed by atoms with Crippen LogP contribution >= 0.6 is 0 Å². The number of nitrogens with zero attached hydrogens (tertiary/aromatic N) is 2. The molecule has 8 nitrogen and oxygen atoms in total.